The van der Waals surface area contributed by atoms with Crippen molar-refractivity contribution in [3.63, 3.8) is 0 Å². The number of likely N-dealkylation sites (tertiary alicyclic amines) is 1. The molecule has 1 atom stereocenters. The molecule has 2 N–H and O–H groups in total. The second kappa shape index (κ2) is 6.51. The van der Waals surface area contributed by atoms with E-state index in [9.17, 15) is 4.79 Å². The van der Waals surface area contributed by atoms with Gasteiger partial charge in [0.1, 0.15) is 11.5 Å². The highest BCUT2D eigenvalue weighted by Gasteiger charge is 2.29. The van der Waals surface area contributed by atoms with Crippen molar-refractivity contribution in [3.8, 4) is 0 Å². The Hall–Kier alpha value is -3.08. The molecule has 3 heterocycles. The molecule has 0 bridgehead atoms. The summed E-state index contributed by atoms with van der Waals surface area (Å²) >= 11 is 0. The highest BCUT2D eigenvalue weighted by molar-refractivity contribution is 6.01. The smallest absolute Gasteiger partial charge is 0.270 e. The number of hydrogen-bond donors (Lipinski definition) is 2. The molecule has 1 amide bonds. The molecule has 2 aromatic heterocycles. The van der Waals surface area contributed by atoms with Crippen LogP contribution in [0.2, 0.25) is 0 Å². The van der Waals surface area contributed by atoms with E-state index in [4.69, 9.17) is 4.98 Å². The summed E-state index contributed by atoms with van der Waals surface area (Å²) < 4.78 is 0. The Morgan fingerprint density at radius 2 is 1.89 bits per heavy atom. The predicted molar refractivity (Wildman–Crippen MR) is 112 cm³/mol. The Balaban J connectivity index is 1.43. The highest BCUT2D eigenvalue weighted by atomic mass is 16.2. The minimum Gasteiger partial charge on any atom is -0.350 e. The normalized spacial score (nSPS) is 17.5. The van der Waals surface area contributed by atoms with Gasteiger partial charge in [0.25, 0.3) is 5.91 Å². The van der Waals surface area contributed by atoms with E-state index in [1.54, 1.807) is 0 Å². The number of carbonyl (C=O) groups excluding carboxylic acids is 1. The van der Waals surface area contributed by atoms with Crippen LogP contribution in [0.25, 0.3) is 21.9 Å². The molecule has 0 spiro atoms. The second-order valence-electron chi connectivity index (χ2n) is 7.85. The second-order valence-corrected chi connectivity index (χ2v) is 7.85. The SMILES string of the molecule is Cc1c(C(=O)N2CCCC(c3nc4c(C)cccc4[nH]3)C2)[nH]c2ccccc12. The van der Waals surface area contributed by atoms with Crippen LogP contribution in [-0.4, -0.2) is 38.8 Å². The van der Waals surface area contributed by atoms with Crippen molar-refractivity contribution in [3.05, 3.63) is 65.1 Å². The molecule has 5 rings (SSSR count). The van der Waals surface area contributed by atoms with Gasteiger partial charge in [-0.05, 0) is 49.9 Å². The van der Waals surface area contributed by atoms with Crippen molar-refractivity contribution in [2.24, 2.45) is 0 Å². The van der Waals surface area contributed by atoms with E-state index in [1.807, 2.05) is 30.0 Å². The van der Waals surface area contributed by atoms with E-state index < -0.39 is 0 Å². The lowest BCUT2D eigenvalue weighted by Crippen LogP contribution is -2.39. The number of nitrogens with zero attached hydrogens (tertiary/aromatic N) is 2. The molecule has 142 valence electrons. The summed E-state index contributed by atoms with van der Waals surface area (Å²) in [7, 11) is 0. The third-order valence-corrected chi connectivity index (χ3v) is 6.01. The first kappa shape index (κ1) is 17.0. The quantitative estimate of drug-likeness (QED) is 0.536. The lowest BCUT2D eigenvalue weighted by Gasteiger charge is -2.31. The van der Waals surface area contributed by atoms with Crippen molar-refractivity contribution in [2.75, 3.05) is 13.1 Å². The monoisotopic (exact) mass is 372 g/mol. The van der Waals surface area contributed by atoms with Gasteiger partial charge in [-0.3, -0.25) is 4.79 Å². The van der Waals surface area contributed by atoms with Gasteiger partial charge in [0.15, 0.2) is 0 Å². The Kier molecular flexibility index (Phi) is 3.97. The Morgan fingerprint density at radius 1 is 1.07 bits per heavy atom. The number of imidazole rings is 1. The lowest BCUT2D eigenvalue weighted by molar-refractivity contribution is 0.0699. The number of benzene rings is 2. The van der Waals surface area contributed by atoms with E-state index >= 15 is 0 Å². The average Bonchev–Trinajstić information content (AvgIpc) is 3.31. The van der Waals surface area contributed by atoms with Crippen molar-refractivity contribution in [1.82, 2.24) is 19.9 Å². The van der Waals surface area contributed by atoms with Crippen LogP contribution in [0, 0.1) is 13.8 Å². The number of hydrogen-bond acceptors (Lipinski definition) is 2. The number of amides is 1. The van der Waals surface area contributed by atoms with Gasteiger partial charge in [0.05, 0.1) is 11.0 Å². The van der Waals surface area contributed by atoms with Crippen molar-refractivity contribution >= 4 is 27.8 Å². The molecule has 1 saturated heterocycles. The fraction of sp³-hybridized carbons (Fsp3) is 0.304. The molecule has 1 aliphatic heterocycles. The number of H-pyrrole nitrogens is 2. The summed E-state index contributed by atoms with van der Waals surface area (Å²) in [5, 5.41) is 1.12. The van der Waals surface area contributed by atoms with Crippen LogP contribution < -0.4 is 0 Å². The summed E-state index contributed by atoms with van der Waals surface area (Å²) in [5.74, 6) is 1.33. The van der Waals surface area contributed by atoms with Crippen LogP contribution in [0.1, 0.15) is 46.2 Å². The van der Waals surface area contributed by atoms with E-state index in [2.05, 4.69) is 41.2 Å². The van der Waals surface area contributed by atoms with E-state index in [0.29, 0.717) is 12.2 Å². The van der Waals surface area contributed by atoms with Crippen LogP contribution in [0.3, 0.4) is 0 Å². The summed E-state index contributed by atoms with van der Waals surface area (Å²) in [6.07, 6.45) is 2.04. The van der Waals surface area contributed by atoms with Gasteiger partial charge in [-0.2, -0.15) is 0 Å². The van der Waals surface area contributed by atoms with Crippen LogP contribution in [0.5, 0.6) is 0 Å². The first-order chi connectivity index (χ1) is 13.6. The zero-order valence-corrected chi connectivity index (χ0v) is 16.2. The standard InChI is InChI=1S/C23H24N4O/c1-14-7-5-11-19-20(14)26-22(25-19)16-8-6-12-27(13-16)23(28)21-15(2)17-9-3-4-10-18(17)24-21/h3-5,7,9-11,16,24H,6,8,12-13H2,1-2H3,(H,25,26). The van der Waals surface area contributed by atoms with Crippen molar-refractivity contribution < 1.29 is 4.79 Å². The van der Waals surface area contributed by atoms with Gasteiger partial charge in [-0.1, -0.05) is 30.3 Å². The van der Waals surface area contributed by atoms with Gasteiger partial charge < -0.3 is 14.9 Å². The number of aromatic amines is 2. The summed E-state index contributed by atoms with van der Waals surface area (Å²) in [4.78, 5) is 26.9. The topological polar surface area (TPSA) is 64.8 Å². The molecular formula is C23H24N4O. The van der Waals surface area contributed by atoms with E-state index in [0.717, 1.165) is 52.7 Å². The summed E-state index contributed by atoms with van der Waals surface area (Å²) in [6.45, 7) is 5.60. The number of para-hydroxylation sites is 2. The number of piperidine rings is 1. The average molecular weight is 372 g/mol. The molecule has 28 heavy (non-hydrogen) atoms. The minimum atomic E-state index is 0.0886. The number of aryl methyl sites for hydroxylation is 2. The van der Waals surface area contributed by atoms with Crippen LogP contribution in [0.4, 0.5) is 0 Å². The lowest BCUT2D eigenvalue weighted by atomic mass is 9.97. The maximum atomic E-state index is 13.3. The Labute approximate surface area is 163 Å². The fourth-order valence-corrected chi connectivity index (χ4v) is 4.43. The molecule has 1 aliphatic rings. The van der Waals surface area contributed by atoms with Gasteiger partial charge >= 0.3 is 0 Å². The maximum Gasteiger partial charge on any atom is 0.270 e. The van der Waals surface area contributed by atoms with Crippen molar-refractivity contribution in [2.45, 2.75) is 32.6 Å². The number of carbonyl (C=O) groups is 1. The largest absolute Gasteiger partial charge is 0.350 e. The molecule has 0 radical (unpaired) electrons. The molecular weight excluding hydrogens is 348 g/mol. The Morgan fingerprint density at radius 3 is 2.71 bits per heavy atom. The third kappa shape index (κ3) is 2.70. The molecule has 2 aromatic carbocycles. The maximum absolute atomic E-state index is 13.3. The number of nitrogens with one attached hydrogen (secondary N) is 2. The number of rotatable bonds is 2. The molecule has 1 fully saturated rings. The predicted octanol–water partition coefficient (Wildman–Crippen LogP) is 4.68. The molecule has 4 aromatic rings. The number of aromatic nitrogens is 3. The van der Waals surface area contributed by atoms with Gasteiger partial charge in [-0.25, -0.2) is 4.98 Å². The van der Waals surface area contributed by atoms with E-state index in [-0.39, 0.29) is 11.8 Å². The summed E-state index contributed by atoms with van der Waals surface area (Å²) in [6, 6.07) is 14.3. The van der Waals surface area contributed by atoms with Crippen molar-refractivity contribution in [1.29, 1.82) is 0 Å². The van der Waals surface area contributed by atoms with Crippen LogP contribution in [0.15, 0.2) is 42.5 Å². The minimum absolute atomic E-state index is 0.0886. The van der Waals surface area contributed by atoms with Crippen LogP contribution in [-0.2, 0) is 0 Å². The molecule has 5 nitrogen and oxygen atoms in total. The third-order valence-electron chi connectivity index (χ3n) is 6.01. The zero-order valence-electron chi connectivity index (χ0n) is 16.2. The van der Waals surface area contributed by atoms with E-state index in [1.165, 1.54) is 5.56 Å². The molecule has 0 saturated carbocycles. The van der Waals surface area contributed by atoms with Crippen LogP contribution >= 0.6 is 0 Å². The first-order valence-electron chi connectivity index (χ1n) is 9.93. The number of fused-ring (bicyclic) bond motifs is 2. The van der Waals surface area contributed by atoms with Gasteiger partial charge in [0, 0.05) is 29.9 Å². The fourth-order valence-electron chi connectivity index (χ4n) is 4.43. The van der Waals surface area contributed by atoms with Gasteiger partial charge in [-0.15, -0.1) is 0 Å². The van der Waals surface area contributed by atoms with Gasteiger partial charge in [0.2, 0.25) is 0 Å². The molecule has 5 heteroatoms. The molecule has 1 unspecified atom stereocenters. The first-order valence-corrected chi connectivity index (χ1v) is 9.93. The highest BCUT2D eigenvalue weighted by Crippen LogP contribution is 2.29. The molecule has 0 aliphatic carbocycles. The zero-order chi connectivity index (χ0) is 19.3. The Bertz CT molecular complexity index is 1190. The summed E-state index contributed by atoms with van der Waals surface area (Å²) in [5.41, 5.74) is 6.05.